The molecule has 0 rings (SSSR count). The van der Waals surface area contributed by atoms with Crippen LogP contribution in [0.1, 0.15) is 20.8 Å². The van der Waals surface area contributed by atoms with Gasteiger partial charge in [0.25, 0.3) is 0 Å². The van der Waals surface area contributed by atoms with E-state index in [0.29, 0.717) is 32.2 Å². The first-order valence-electron chi connectivity index (χ1n) is 6.15. The van der Waals surface area contributed by atoms with Crippen molar-refractivity contribution in [2.24, 2.45) is 5.92 Å². The number of amides is 1. The van der Waals surface area contributed by atoms with Crippen molar-refractivity contribution in [1.29, 1.82) is 0 Å². The van der Waals surface area contributed by atoms with Gasteiger partial charge >= 0.3 is 0 Å². The first-order valence-corrected chi connectivity index (χ1v) is 6.15. The average molecular weight is 246 g/mol. The van der Waals surface area contributed by atoms with E-state index in [1.165, 1.54) is 0 Å². The summed E-state index contributed by atoms with van der Waals surface area (Å²) in [5.74, 6) is 0.538. The van der Waals surface area contributed by atoms with Gasteiger partial charge in [0.05, 0.1) is 19.3 Å². The van der Waals surface area contributed by atoms with Crippen molar-refractivity contribution in [2.75, 3.05) is 40.0 Å². The highest BCUT2D eigenvalue weighted by Crippen LogP contribution is 1.91. The molecule has 102 valence electrons. The van der Waals surface area contributed by atoms with Crippen molar-refractivity contribution in [3.05, 3.63) is 0 Å². The van der Waals surface area contributed by atoms with E-state index in [1.807, 2.05) is 6.92 Å². The molecule has 0 aromatic carbocycles. The van der Waals surface area contributed by atoms with E-state index in [2.05, 4.69) is 24.5 Å². The molecule has 0 radical (unpaired) electrons. The highest BCUT2D eigenvalue weighted by molar-refractivity contribution is 5.81. The van der Waals surface area contributed by atoms with Gasteiger partial charge in [-0.3, -0.25) is 4.79 Å². The molecule has 0 aliphatic carbocycles. The van der Waals surface area contributed by atoms with Crippen molar-refractivity contribution in [3.63, 3.8) is 0 Å². The maximum atomic E-state index is 11.5. The first kappa shape index (κ1) is 16.4. The van der Waals surface area contributed by atoms with Crippen LogP contribution >= 0.6 is 0 Å². The van der Waals surface area contributed by atoms with E-state index in [-0.39, 0.29) is 11.9 Å². The van der Waals surface area contributed by atoms with Gasteiger partial charge in [-0.05, 0) is 12.8 Å². The molecule has 0 aliphatic rings. The Morgan fingerprint density at radius 1 is 1.18 bits per heavy atom. The molecule has 0 aliphatic heterocycles. The lowest BCUT2D eigenvalue weighted by molar-refractivity contribution is -0.123. The molecule has 0 saturated carbocycles. The predicted molar refractivity (Wildman–Crippen MR) is 68.0 cm³/mol. The molecule has 1 amide bonds. The third-order valence-corrected chi connectivity index (χ3v) is 2.15. The zero-order chi connectivity index (χ0) is 13.1. The maximum Gasteiger partial charge on any atom is 0.236 e. The van der Waals surface area contributed by atoms with Gasteiger partial charge in [0, 0.05) is 26.8 Å². The summed E-state index contributed by atoms with van der Waals surface area (Å²) in [5, 5.41) is 5.88. The second kappa shape index (κ2) is 10.5. The highest BCUT2D eigenvalue weighted by atomic mass is 16.5. The Bertz CT molecular complexity index is 198. The molecule has 0 spiro atoms. The van der Waals surface area contributed by atoms with Crippen LogP contribution < -0.4 is 10.6 Å². The summed E-state index contributed by atoms with van der Waals surface area (Å²) in [7, 11) is 1.61. The topological polar surface area (TPSA) is 59.6 Å². The molecule has 2 N–H and O–H groups in total. The lowest BCUT2D eigenvalue weighted by Gasteiger charge is -2.14. The summed E-state index contributed by atoms with van der Waals surface area (Å²) in [6.07, 6.45) is 0. The van der Waals surface area contributed by atoms with Gasteiger partial charge in [-0.25, -0.2) is 0 Å². The molecule has 0 bridgehead atoms. The minimum atomic E-state index is -0.200. The summed E-state index contributed by atoms with van der Waals surface area (Å²) in [4.78, 5) is 11.5. The summed E-state index contributed by atoms with van der Waals surface area (Å²) >= 11 is 0. The summed E-state index contributed by atoms with van der Waals surface area (Å²) in [6, 6.07) is -0.200. The van der Waals surface area contributed by atoms with Gasteiger partial charge in [-0.1, -0.05) is 13.8 Å². The normalized spacial score (nSPS) is 12.8. The summed E-state index contributed by atoms with van der Waals surface area (Å²) in [6.45, 7) is 9.22. The van der Waals surface area contributed by atoms with Crippen molar-refractivity contribution in [1.82, 2.24) is 10.6 Å². The van der Waals surface area contributed by atoms with Crippen molar-refractivity contribution in [2.45, 2.75) is 26.8 Å². The largest absolute Gasteiger partial charge is 0.383 e. The van der Waals surface area contributed by atoms with Gasteiger partial charge < -0.3 is 20.1 Å². The predicted octanol–water partition coefficient (Wildman–Crippen LogP) is 0.400. The fourth-order valence-electron chi connectivity index (χ4n) is 1.19. The number of hydrogen-bond acceptors (Lipinski definition) is 4. The first-order chi connectivity index (χ1) is 8.07. The van der Waals surface area contributed by atoms with Gasteiger partial charge in [-0.15, -0.1) is 0 Å². The lowest BCUT2D eigenvalue weighted by atomic mass is 10.2. The standard InChI is InChI=1S/C12H26N2O3/c1-10(2)9-17-8-6-13-11(3)12(15)14-5-7-16-4/h10-11,13H,5-9H2,1-4H3,(H,14,15). The van der Waals surface area contributed by atoms with Gasteiger partial charge in [0.2, 0.25) is 5.91 Å². The zero-order valence-electron chi connectivity index (χ0n) is 11.4. The molecule has 0 heterocycles. The second-order valence-electron chi connectivity index (χ2n) is 4.43. The Kier molecular flexibility index (Phi) is 10.1. The SMILES string of the molecule is COCCNC(=O)C(C)NCCOCC(C)C. The Morgan fingerprint density at radius 3 is 2.47 bits per heavy atom. The van der Waals surface area contributed by atoms with Crippen molar-refractivity contribution >= 4 is 5.91 Å². The molecule has 0 fully saturated rings. The molecule has 1 atom stereocenters. The summed E-state index contributed by atoms with van der Waals surface area (Å²) in [5.41, 5.74) is 0. The minimum absolute atomic E-state index is 0.00842. The summed E-state index contributed by atoms with van der Waals surface area (Å²) < 4.78 is 10.3. The number of methoxy groups -OCH3 is 1. The van der Waals surface area contributed by atoms with Crippen molar-refractivity contribution < 1.29 is 14.3 Å². The molecular weight excluding hydrogens is 220 g/mol. The van der Waals surface area contributed by atoms with Crippen molar-refractivity contribution in [3.8, 4) is 0 Å². The fraction of sp³-hybridized carbons (Fsp3) is 0.917. The Balaban J connectivity index is 3.43. The van der Waals surface area contributed by atoms with Crippen LogP contribution in [0.2, 0.25) is 0 Å². The van der Waals surface area contributed by atoms with Gasteiger partial charge in [0.1, 0.15) is 0 Å². The minimum Gasteiger partial charge on any atom is -0.383 e. The Hall–Kier alpha value is -0.650. The molecule has 17 heavy (non-hydrogen) atoms. The van der Waals surface area contributed by atoms with Crippen LogP contribution in [0.15, 0.2) is 0 Å². The van der Waals surface area contributed by atoms with Crippen LogP contribution in [0.4, 0.5) is 0 Å². The van der Waals surface area contributed by atoms with E-state index >= 15 is 0 Å². The molecule has 5 nitrogen and oxygen atoms in total. The smallest absolute Gasteiger partial charge is 0.236 e. The molecule has 1 unspecified atom stereocenters. The number of carbonyl (C=O) groups excluding carboxylic acids is 1. The fourth-order valence-corrected chi connectivity index (χ4v) is 1.19. The number of nitrogens with one attached hydrogen (secondary N) is 2. The third-order valence-electron chi connectivity index (χ3n) is 2.15. The Morgan fingerprint density at radius 2 is 1.88 bits per heavy atom. The molecule has 5 heteroatoms. The number of ether oxygens (including phenoxy) is 2. The molecule has 0 saturated heterocycles. The van der Waals surface area contributed by atoms with Crippen LogP contribution in [0.25, 0.3) is 0 Å². The molecule has 0 aromatic rings. The van der Waals surface area contributed by atoms with E-state index in [1.54, 1.807) is 7.11 Å². The van der Waals surface area contributed by atoms with Crippen LogP contribution in [0.5, 0.6) is 0 Å². The van der Waals surface area contributed by atoms with Crippen LogP contribution in [-0.4, -0.2) is 52.0 Å². The van der Waals surface area contributed by atoms with Gasteiger partial charge in [0.15, 0.2) is 0 Å². The molecular formula is C12H26N2O3. The Labute approximate surface area is 104 Å². The van der Waals surface area contributed by atoms with E-state index in [9.17, 15) is 4.79 Å². The lowest BCUT2D eigenvalue weighted by Crippen LogP contribution is -2.44. The number of hydrogen-bond donors (Lipinski definition) is 2. The average Bonchev–Trinajstić information content (AvgIpc) is 2.28. The van der Waals surface area contributed by atoms with E-state index in [4.69, 9.17) is 9.47 Å². The third kappa shape index (κ3) is 10.2. The number of rotatable bonds is 10. The molecule has 0 aromatic heterocycles. The monoisotopic (exact) mass is 246 g/mol. The maximum absolute atomic E-state index is 11.5. The quantitative estimate of drug-likeness (QED) is 0.548. The highest BCUT2D eigenvalue weighted by Gasteiger charge is 2.10. The van der Waals surface area contributed by atoms with Gasteiger partial charge in [-0.2, -0.15) is 0 Å². The van der Waals surface area contributed by atoms with Crippen LogP contribution in [0.3, 0.4) is 0 Å². The van der Waals surface area contributed by atoms with E-state index in [0.717, 1.165) is 6.61 Å². The van der Waals surface area contributed by atoms with Crippen LogP contribution in [-0.2, 0) is 14.3 Å². The zero-order valence-corrected chi connectivity index (χ0v) is 11.4. The number of carbonyl (C=O) groups is 1. The second-order valence-corrected chi connectivity index (χ2v) is 4.43. The van der Waals surface area contributed by atoms with E-state index < -0.39 is 0 Å². The van der Waals surface area contributed by atoms with Crippen LogP contribution in [0, 0.1) is 5.92 Å².